The summed E-state index contributed by atoms with van der Waals surface area (Å²) in [5.41, 5.74) is 0. The van der Waals surface area contributed by atoms with Gasteiger partial charge in [0.1, 0.15) is 13.2 Å². The SMILES string of the molecule is CCCCCCCCCCCCC(=O)OC[C@H](COC(=O)CCCCCCCCCC(C)C)OC(=O)CCCCCCCCC(C)C. The zero-order chi connectivity index (χ0) is 34.8. The molecule has 0 aromatic rings. The molecule has 6 heteroatoms. The Morgan fingerprint density at radius 1 is 0.404 bits per heavy atom. The predicted molar refractivity (Wildman–Crippen MR) is 196 cm³/mol. The number of hydrogen-bond donors (Lipinski definition) is 0. The van der Waals surface area contributed by atoms with Crippen molar-refractivity contribution in [3.63, 3.8) is 0 Å². The van der Waals surface area contributed by atoms with Crippen LogP contribution >= 0.6 is 0 Å². The van der Waals surface area contributed by atoms with E-state index < -0.39 is 6.10 Å². The lowest BCUT2D eigenvalue weighted by Gasteiger charge is -2.18. The van der Waals surface area contributed by atoms with Gasteiger partial charge < -0.3 is 14.2 Å². The first-order chi connectivity index (χ1) is 22.7. The number of carbonyl (C=O) groups excluding carboxylic acids is 3. The van der Waals surface area contributed by atoms with Crippen molar-refractivity contribution in [2.45, 2.75) is 221 Å². The van der Waals surface area contributed by atoms with Gasteiger partial charge in [0.2, 0.25) is 0 Å². The minimum atomic E-state index is -0.759. The lowest BCUT2D eigenvalue weighted by Crippen LogP contribution is -2.30. The molecule has 0 bridgehead atoms. The van der Waals surface area contributed by atoms with Crippen LogP contribution in [0.25, 0.3) is 0 Å². The highest BCUT2D eigenvalue weighted by molar-refractivity contribution is 5.71. The molecule has 0 aromatic heterocycles. The monoisotopic (exact) mass is 667 g/mol. The second kappa shape index (κ2) is 34.3. The Morgan fingerprint density at radius 2 is 0.702 bits per heavy atom. The van der Waals surface area contributed by atoms with Gasteiger partial charge in [-0.25, -0.2) is 0 Å². The highest BCUT2D eigenvalue weighted by atomic mass is 16.6. The van der Waals surface area contributed by atoms with Crippen molar-refractivity contribution in [3.05, 3.63) is 0 Å². The fourth-order valence-corrected chi connectivity index (χ4v) is 5.87. The summed E-state index contributed by atoms with van der Waals surface area (Å²) in [5.74, 6) is 0.667. The summed E-state index contributed by atoms with van der Waals surface area (Å²) in [6.07, 6.45) is 29.7. The van der Waals surface area contributed by atoms with Gasteiger partial charge in [0.25, 0.3) is 0 Å². The van der Waals surface area contributed by atoms with Crippen molar-refractivity contribution < 1.29 is 28.6 Å². The van der Waals surface area contributed by atoms with E-state index in [1.54, 1.807) is 0 Å². The molecule has 0 aliphatic heterocycles. The Kier molecular flexibility index (Phi) is 33.1. The van der Waals surface area contributed by atoms with Crippen LogP contribution in [-0.2, 0) is 28.6 Å². The van der Waals surface area contributed by atoms with Gasteiger partial charge in [-0.2, -0.15) is 0 Å². The van der Waals surface area contributed by atoms with E-state index >= 15 is 0 Å². The van der Waals surface area contributed by atoms with Crippen molar-refractivity contribution >= 4 is 17.9 Å². The quantitative estimate of drug-likeness (QED) is 0.0380. The van der Waals surface area contributed by atoms with Crippen molar-refractivity contribution in [1.82, 2.24) is 0 Å². The number of rotatable bonds is 35. The average molecular weight is 667 g/mol. The number of ether oxygens (including phenoxy) is 3. The molecule has 47 heavy (non-hydrogen) atoms. The maximum atomic E-state index is 12.6. The van der Waals surface area contributed by atoms with Crippen molar-refractivity contribution in [2.75, 3.05) is 13.2 Å². The van der Waals surface area contributed by atoms with Crippen LogP contribution in [0.3, 0.4) is 0 Å². The molecule has 0 heterocycles. The average Bonchev–Trinajstić information content (AvgIpc) is 3.03. The molecule has 278 valence electrons. The van der Waals surface area contributed by atoms with E-state index in [1.807, 2.05) is 0 Å². The first-order valence-electron chi connectivity index (χ1n) is 20.2. The number of unbranched alkanes of at least 4 members (excludes halogenated alkanes) is 20. The Morgan fingerprint density at radius 3 is 1.04 bits per heavy atom. The number of esters is 3. The molecule has 0 saturated heterocycles. The molecule has 0 aliphatic carbocycles. The Bertz CT molecular complexity index is 719. The van der Waals surface area contributed by atoms with E-state index in [0.29, 0.717) is 19.3 Å². The van der Waals surface area contributed by atoms with Gasteiger partial charge in [0, 0.05) is 19.3 Å². The zero-order valence-electron chi connectivity index (χ0n) is 31.9. The first-order valence-corrected chi connectivity index (χ1v) is 20.2. The summed E-state index contributed by atoms with van der Waals surface area (Å²) in [6, 6.07) is 0. The van der Waals surface area contributed by atoms with Crippen LogP contribution in [0.15, 0.2) is 0 Å². The van der Waals surface area contributed by atoms with Crippen LogP contribution in [0.5, 0.6) is 0 Å². The van der Waals surface area contributed by atoms with Gasteiger partial charge in [-0.15, -0.1) is 0 Å². The van der Waals surface area contributed by atoms with Crippen LogP contribution in [0.1, 0.15) is 214 Å². The first kappa shape index (κ1) is 45.4. The molecule has 0 unspecified atom stereocenters. The lowest BCUT2D eigenvalue weighted by molar-refractivity contribution is -0.167. The lowest BCUT2D eigenvalue weighted by atomic mass is 10.0. The molecule has 6 nitrogen and oxygen atoms in total. The van der Waals surface area contributed by atoms with Gasteiger partial charge in [-0.1, -0.05) is 176 Å². The molecule has 0 saturated carbocycles. The van der Waals surface area contributed by atoms with E-state index in [1.165, 1.54) is 103 Å². The smallest absolute Gasteiger partial charge is 0.306 e. The maximum absolute atomic E-state index is 12.6. The predicted octanol–water partition coefficient (Wildman–Crippen LogP) is 12.2. The molecule has 0 fully saturated rings. The molecule has 0 aliphatic rings. The largest absolute Gasteiger partial charge is 0.462 e. The summed E-state index contributed by atoms with van der Waals surface area (Å²) < 4.78 is 16.6. The summed E-state index contributed by atoms with van der Waals surface area (Å²) in [6.45, 7) is 11.2. The topological polar surface area (TPSA) is 78.9 Å². The van der Waals surface area contributed by atoms with Gasteiger partial charge in [0.05, 0.1) is 0 Å². The molecule has 0 rings (SSSR count). The summed E-state index contributed by atoms with van der Waals surface area (Å²) in [4.78, 5) is 37.4. The van der Waals surface area contributed by atoms with Crippen LogP contribution in [0, 0.1) is 11.8 Å². The van der Waals surface area contributed by atoms with Crippen LogP contribution in [0.4, 0.5) is 0 Å². The van der Waals surface area contributed by atoms with E-state index in [9.17, 15) is 14.4 Å². The second-order valence-corrected chi connectivity index (χ2v) is 14.9. The standard InChI is InChI=1S/C41H78O6/c1-6-7-8-9-10-11-12-15-21-26-31-39(42)45-34-38(47-41(44)33-28-23-18-17-20-25-30-37(4)5)35-46-40(43)32-27-22-16-13-14-19-24-29-36(2)3/h36-38H,6-35H2,1-5H3/t38-/m1/s1. The molecule has 0 spiro atoms. The molecular formula is C41H78O6. The summed E-state index contributed by atoms with van der Waals surface area (Å²) in [7, 11) is 0. The van der Waals surface area contributed by atoms with Gasteiger partial charge in [-0.3, -0.25) is 14.4 Å². The number of hydrogen-bond acceptors (Lipinski definition) is 6. The van der Waals surface area contributed by atoms with Crippen molar-refractivity contribution in [2.24, 2.45) is 11.8 Å². The van der Waals surface area contributed by atoms with Crippen LogP contribution in [-0.4, -0.2) is 37.2 Å². The maximum Gasteiger partial charge on any atom is 0.306 e. The molecule has 0 amide bonds. The zero-order valence-corrected chi connectivity index (χ0v) is 31.9. The van der Waals surface area contributed by atoms with Crippen molar-refractivity contribution in [3.8, 4) is 0 Å². The Hall–Kier alpha value is -1.59. The highest BCUT2D eigenvalue weighted by Crippen LogP contribution is 2.15. The van der Waals surface area contributed by atoms with E-state index in [2.05, 4.69) is 34.6 Å². The Labute approximate surface area is 291 Å². The molecule has 0 radical (unpaired) electrons. The van der Waals surface area contributed by atoms with Crippen LogP contribution in [0.2, 0.25) is 0 Å². The van der Waals surface area contributed by atoms with Crippen molar-refractivity contribution in [1.29, 1.82) is 0 Å². The van der Waals surface area contributed by atoms with Gasteiger partial charge in [-0.05, 0) is 31.1 Å². The molecule has 0 N–H and O–H groups in total. The number of carbonyl (C=O) groups is 3. The summed E-state index contributed by atoms with van der Waals surface area (Å²) in [5, 5.41) is 0. The molecular weight excluding hydrogens is 588 g/mol. The molecule has 1 atom stereocenters. The van der Waals surface area contributed by atoms with Gasteiger partial charge in [0.15, 0.2) is 6.10 Å². The second-order valence-electron chi connectivity index (χ2n) is 14.9. The molecule has 0 aromatic carbocycles. The van der Waals surface area contributed by atoms with Gasteiger partial charge >= 0.3 is 17.9 Å². The normalized spacial score (nSPS) is 12.1. The minimum absolute atomic E-state index is 0.0672. The third kappa shape index (κ3) is 35.5. The third-order valence-corrected chi connectivity index (χ3v) is 8.97. The highest BCUT2D eigenvalue weighted by Gasteiger charge is 2.19. The van der Waals surface area contributed by atoms with E-state index in [-0.39, 0.29) is 31.1 Å². The Balaban J connectivity index is 4.36. The fraction of sp³-hybridized carbons (Fsp3) is 0.927. The fourth-order valence-electron chi connectivity index (χ4n) is 5.87. The van der Waals surface area contributed by atoms with E-state index in [4.69, 9.17) is 14.2 Å². The third-order valence-electron chi connectivity index (χ3n) is 8.97. The van der Waals surface area contributed by atoms with E-state index in [0.717, 1.165) is 69.6 Å². The minimum Gasteiger partial charge on any atom is -0.462 e. The summed E-state index contributed by atoms with van der Waals surface area (Å²) >= 11 is 0. The van der Waals surface area contributed by atoms with Crippen LogP contribution < -0.4 is 0 Å².